The summed E-state index contributed by atoms with van der Waals surface area (Å²) in [7, 11) is 0. The van der Waals surface area contributed by atoms with Gasteiger partial charge in [-0.15, -0.1) is 13.2 Å². The number of benzene rings is 1. The molecular formula is C16H14F4N2O2. The standard InChI is InChI=1S/C16H14F4N2O2/c1-9-6-13-14(22-8-9)15(21,4-5-23-13)10-2-3-12(11(17)7-10)24-16(18,19)20/h2-3,6-8H,4-5,21H2,1H3. The first-order chi connectivity index (χ1) is 11.2. The Balaban J connectivity index is 2.02. The number of pyridine rings is 1. The molecule has 1 aliphatic rings. The third-order valence-electron chi connectivity index (χ3n) is 3.84. The van der Waals surface area contributed by atoms with Crippen molar-refractivity contribution in [3.8, 4) is 11.5 Å². The van der Waals surface area contributed by atoms with Crippen LogP contribution in [0.4, 0.5) is 17.6 Å². The van der Waals surface area contributed by atoms with Crippen LogP contribution in [0.5, 0.6) is 11.5 Å². The van der Waals surface area contributed by atoms with Crippen LogP contribution in [0.1, 0.15) is 23.2 Å². The molecule has 1 atom stereocenters. The van der Waals surface area contributed by atoms with Crippen LogP contribution in [0, 0.1) is 12.7 Å². The molecule has 0 fully saturated rings. The highest BCUT2D eigenvalue weighted by Crippen LogP contribution is 2.40. The van der Waals surface area contributed by atoms with Gasteiger partial charge in [0.05, 0.1) is 12.1 Å². The van der Waals surface area contributed by atoms with E-state index >= 15 is 0 Å². The summed E-state index contributed by atoms with van der Waals surface area (Å²) in [6, 6.07) is 4.93. The molecule has 1 unspecified atom stereocenters. The van der Waals surface area contributed by atoms with Gasteiger partial charge >= 0.3 is 6.36 Å². The molecule has 0 radical (unpaired) electrons. The number of aromatic nitrogens is 1. The van der Waals surface area contributed by atoms with E-state index in [1.165, 1.54) is 6.07 Å². The zero-order valence-corrected chi connectivity index (χ0v) is 12.7. The highest BCUT2D eigenvalue weighted by Gasteiger charge is 2.38. The van der Waals surface area contributed by atoms with Crippen molar-refractivity contribution in [2.24, 2.45) is 5.73 Å². The summed E-state index contributed by atoms with van der Waals surface area (Å²) in [5.41, 5.74) is 6.86. The Labute approximate surface area is 135 Å². The number of fused-ring (bicyclic) bond motifs is 1. The molecule has 0 spiro atoms. The quantitative estimate of drug-likeness (QED) is 0.850. The van der Waals surface area contributed by atoms with Crippen LogP contribution in [0.2, 0.25) is 0 Å². The van der Waals surface area contributed by atoms with Gasteiger partial charge in [-0.25, -0.2) is 4.39 Å². The van der Waals surface area contributed by atoms with Crippen molar-refractivity contribution in [3.63, 3.8) is 0 Å². The van der Waals surface area contributed by atoms with Gasteiger partial charge in [0.15, 0.2) is 11.6 Å². The first-order valence-electron chi connectivity index (χ1n) is 7.14. The molecule has 3 rings (SSSR count). The fourth-order valence-electron chi connectivity index (χ4n) is 2.69. The van der Waals surface area contributed by atoms with Gasteiger partial charge in [-0.1, -0.05) is 6.07 Å². The maximum Gasteiger partial charge on any atom is 0.573 e. The van der Waals surface area contributed by atoms with Crippen molar-refractivity contribution >= 4 is 0 Å². The minimum absolute atomic E-state index is 0.289. The van der Waals surface area contributed by atoms with E-state index in [1.807, 2.05) is 6.92 Å². The van der Waals surface area contributed by atoms with Gasteiger partial charge in [-0.3, -0.25) is 4.98 Å². The van der Waals surface area contributed by atoms with Crippen LogP contribution in [-0.2, 0) is 5.54 Å². The van der Waals surface area contributed by atoms with E-state index in [9.17, 15) is 17.6 Å². The van der Waals surface area contributed by atoms with Crippen molar-refractivity contribution in [2.75, 3.05) is 6.61 Å². The summed E-state index contributed by atoms with van der Waals surface area (Å²) in [5, 5.41) is 0. The van der Waals surface area contributed by atoms with Crippen molar-refractivity contribution in [3.05, 3.63) is 53.1 Å². The average molecular weight is 342 g/mol. The van der Waals surface area contributed by atoms with Crippen molar-refractivity contribution in [2.45, 2.75) is 25.2 Å². The number of hydrogen-bond donors (Lipinski definition) is 1. The Morgan fingerprint density at radius 1 is 1.29 bits per heavy atom. The lowest BCUT2D eigenvalue weighted by Crippen LogP contribution is -2.43. The van der Waals surface area contributed by atoms with Gasteiger partial charge in [0.2, 0.25) is 0 Å². The molecule has 1 aromatic heterocycles. The molecule has 0 bridgehead atoms. The van der Waals surface area contributed by atoms with Crippen molar-refractivity contribution < 1.29 is 27.0 Å². The Kier molecular flexibility index (Phi) is 3.87. The minimum atomic E-state index is -4.97. The number of nitrogens with zero attached hydrogens (tertiary/aromatic N) is 1. The van der Waals surface area contributed by atoms with Crippen LogP contribution in [-0.4, -0.2) is 18.0 Å². The molecule has 24 heavy (non-hydrogen) atoms. The van der Waals surface area contributed by atoms with Gasteiger partial charge in [0.25, 0.3) is 0 Å². The molecule has 128 valence electrons. The second-order valence-electron chi connectivity index (χ2n) is 5.62. The summed E-state index contributed by atoms with van der Waals surface area (Å²) in [6.07, 6.45) is -3.05. The van der Waals surface area contributed by atoms with Gasteiger partial charge in [-0.05, 0) is 36.2 Å². The second kappa shape index (κ2) is 5.62. The van der Waals surface area contributed by atoms with E-state index in [0.29, 0.717) is 23.4 Å². The van der Waals surface area contributed by atoms with E-state index < -0.39 is 23.5 Å². The molecule has 2 aromatic rings. The topological polar surface area (TPSA) is 57.4 Å². The Morgan fingerprint density at radius 3 is 2.71 bits per heavy atom. The lowest BCUT2D eigenvalue weighted by Gasteiger charge is -2.35. The highest BCUT2D eigenvalue weighted by atomic mass is 19.4. The van der Waals surface area contributed by atoms with E-state index in [-0.39, 0.29) is 6.61 Å². The van der Waals surface area contributed by atoms with E-state index in [0.717, 1.165) is 17.7 Å². The van der Waals surface area contributed by atoms with Crippen LogP contribution >= 0.6 is 0 Å². The first-order valence-corrected chi connectivity index (χ1v) is 7.14. The van der Waals surface area contributed by atoms with Crippen molar-refractivity contribution in [1.82, 2.24) is 4.98 Å². The van der Waals surface area contributed by atoms with Gasteiger partial charge in [0.1, 0.15) is 11.4 Å². The summed E-state index contributed by atoms with van der Waals surface area (Å²) in [6.45, 7) is 2.13. The average Bonchev–Trinajstić information content (AvgIpc) is 2.48. The fourth-order valence-corrected chi connectivity index (χ4v) is 2.69. The van der Waals surface area contributed by atoms with Gasteiger partial charge in [-0.2, -0.15) is 0 Å². The van der Waals surface area contributed by atoms with Crippen molar-refractivity contribution in [1.29, 1.82) is 0 Å². The number of nitrogens with two attached hydrogens (primary N) is 1. The maximum absolute atomic E-state index is 14.0. The third-order valence-corrected chi connectivity index (χ3v) is 3.84. The zero-order valence-electron chi connectivity index (χ0n) is 12.7. The lowest BCUT2D eigenvalue weighted by atomic mass is 9.82. The monoisotopic (exact) mass is 342 g/mol. The van der Waals surface area contributed by atoms with Crippen LogP contribution in [0.15, 0.2) is 30.5 Å². The number of hydrogen-bond acceptors (Lipinski definition) is 4. The number of aryl methyl sites for hydroxylation is 1. The molecular weight excluding hydrogens is 328 g/mol. The molecule has 1 aliphatic heterocycles. The zero-order chi connectivity index (χ0) is 17.5. The normalized spacial score (nSPS) is 20.2. The molecule has 2 N–H and O–H groups in total. The highest BCUT2D eigenvalue weighted by molar-refractivity contribution is 5.46. The molecule has 0 saturated heterocycles. The van der Waals surface area contributed by atoms with Gasteiger partial charge < -0.3 is 15.2 Å². The minimum Gasteiger partial charge on any atom is -0.491 e. The summed E-state index contributed by atoms with van der Waals surface area (Å²) >= 11 is 0. The molecule has 1 aromatic carbocycles. The maximum atomic E-state index is 14.0. The SMILES string of the molecule is Cc1cnc2c(c1)OCCC2(N)c1ccc(OC(F)(F)F)c(F)c1. The van der Waals surface area contributed by atoms with Crippen LogP contribution in [0.25, 0.3) is 0 Å². The molecule has 2 heterocycles. The molecule has 0 saturated carbocycles. The lowest BCUT2D eigenvalue weighted by molar-refractivity contribution is -0.275. The molecule has 0 amide bonds. The smallest absolute Gasteiger partial charge is 0.491 e. The predicted molar refractivity (Wildman–Crippen MR) is 77.1 cm³/mol. The molecule has 4 nitrogen and oxygen atoms in total. The summed E-state index contributed by atoms with van der Waals surface area (Å²) in [5.74, 6) is -1.56. The predicted octanol–water partition coefficient (Wildman–Crippen LogP) is 3.41. The Bertz CT molecular complexity index is 779. The second-order valence-corrected chi connectivity index (χ2v) is 5.62. The fraction of sp³-hybridized carbons (Fsp3) is 0.312. The largest absolute Gasteiger partial charge is 0.573 e. The van der Waals surface area contributed by atoms with Gasteiger partial charge in [0, 0.05) is 12.6 Å². The molecule has 8 heteroatoms. The van der Waals surface area contributed by atoms with E-state index in [1.54, 1.807) is 12.3 Å². The van der Waals surface area contributed by atoms with Crippen LogP contribution in [0.3, 0.4) is 0 Å². The summed E-state index contributed by atoms with van der Waals surface area (Å²) in [4.78, 5) is 4.28. The number of halogens is 4. The van der Waals surface area contributed by atoms with E-state index in [4.69, 9.17) is 10.5 Å². The summed E-state index contributed by atoms with van der Waals surface area (Å²) < 4.78 is 59.9. The molecule has 0 aliphatic carbocycles. The number of ether oxygens (including phenoxy) is 2. The Morgan fingerprint density at radius 2 is 2.04 bits per heavy atom. The third kappa shape index (κ3) is 3.01. The Hall–Kier alpha value is -2.35. The van der Waals surface area contributed by atoms with E-state index in [2.05, 4.69) is 9.72 Å². The number of alkyl halides is 3. The first kappa shape index (κ1) is 16.5. The van der Waals surface area contributed by atoms with Crippen LogP contribution < -0.4 is 15.2 Å². The number of rotatable bonds is 2.